The molecular formula is C15H26Cl2N2O3. The normalized spacial score (nSPS) is 9.68. The van der Waals surface area contributed by atoms with E-state index < -0.39 is 0 Å². The fraction of sp³-hybridized carbons (Fsp3) is 0.533. The molecule has 22 heavy (non-hydrogen) atoms. The summed E-state index contributed by atoms with van der Waals surface area (Å²) in [5.74, 6) is 0.228. The van der Waals surface area contributed by atoms with Crippen LogP contribution in [0.4, 0.5) is 5.69 Å². The van der Waals surface area contributed by atoms with E-state index in [-0.39, 0.29) is 30.8 Å². The number of halogens is 2. The predicted octanol–water partition coefficient (Wildman–Crippen LogP) is -5.95. The average molecular weight is 353 g/mol. The Morgan fingerprint density at radius 1 is 1.23 bits per heavy atom. The molecule has 1 aromatic rings. The number of hydrogen-bond donors (Lipinski definition) is 2. The van der Waals surface area contributed by atoms with Crippen molar-refractivity contribution in [1.29, 1.82) is 0 Å². The molecule has 0 saturated heterocycles. The number of carbonyl (C=O) groups is 1. The lowest BCUT2D eigenvalue weighted by Crippen LogP contribution is -3.06. The summed E-state index contributed by atoms with van der Waals surface area (Å²) in [5, 5.41) is 0. The molecule has 0 aromatic heterocycles. The maximum Gasteiger partial charge on any atom is 0.342 e. The van der Waals surface area contributed by atoms with E-state index in [9.17, 15) is 4.79 Å². The van der Waals surface area contributed by atoms with Crippen LogP contribution in [0.2, 0.25) is 0 Å². The van der Waals surface area contributed by atoms with Crippen LogP contribution in [0.1, 0.15) is 30.1 Å². The highest BCUT2D eigenvalue weighted by Crippen LogP contribution is 2.22. The summed E-state index contributed by atoms with van der Waals surface area (Å²) in [6.07, 6.45) is 2.01. The Hall–Kier alpha value is -1.01. The first kappa shape index (κ1) is 23.3. The minimum atomic E-state index is -0.335. The van der Waals surface area contributed by atoms with Gasteiger partial charge in [-0.25, -0.2) is 4.79 Å². The zero-order valence-corrected chi connectivity index (χ0v) is 15.0. The molecule has 0 aliphatic carbocycles. The van der Waals surface area contributed by atoms with Crippen LogP contribution in [-0.4, -0.2) is 39.8 Å². The lowest BCUT2D eigenvalue weighted by atomic mass is 10.2. The van der Waals surface area contributed by atoms with Gasteiger partial charge < -0.3 is 44.9 Å². The van der Waals surface area contributed by atoms with Gasteiger partial charge in [0.2, 0.25) is 0 Å². The summed E-state index contributed by atoms with van der Waals surface area (Å²) in [6, 6.07) is 5.29. The third kappa shape index (κ3) is 8.44. The van der Waals surface area contributed by atoms with Gasteiger partial charge in [0, 0.05) is 12.1 Å². The molecule has 7 heteroatoms. The molecule has 0 heterocycles. The topological polar surface area (TPSA) is 67.6 Å². The lowest BCUT2D eigenvalue weighted by Gasteiger charge is -2.12. The molecule has 0 amide bonds. The van der Waals surface area contributed by atoms with Crippen LogP contribution in [0.5, 0.6) is 5.75 Å². The summed E-state index contributed by atoms with van der Waals surface area (Å²) >= 11 is 0. The predicted molar refractivity (Wildman–Crippen MR) is 77.4 cm³/mol. The Labute approximate surface area is 145 Å². The Kier molecular flexibility index (Phi) is 13.2. The van der Waals surface area contributed by atoms with Crippen molar-refractivity contribution in [2.45, 2.75) is 19.8 Å². The molecule has 0 aliphatic rings. The molecule has 0 spiro atoms. The summed E-state index contributed by atoms with van der Waals surface area (Å²) in [6.45, 7) is 3.88. The molecule has 0 atom stereocenters. The van der Waals surface area contributed by atoms with Crippen molar-refractivity contribution in [2.75, 3.05) is 33.9 Å². The van der Waals surface area contributed by atoms with Gasteiger partial charge in [0.25, 0.3) is 0 Å². The quantitative estimate of drug-likeness (QED) is 0.361. The van der Waals surface area contributed by atoms with Crippen molar-refractivity contribution in [3.63, 3.8) is 0 Å². The minimum Gasteiger partial charge on any atom is -1.00 e. The molecule has 4 N–H and O–H groups in total. The number of rotatable bonds is 8. The lowest BCUT2D eigenvalue weighted by molar-refractivity contribution is -0.858. The smallest absolute Gasteiger partial charge is 0.342 e. The van der Waals surface area contributed by atoms with Gasteiger partial charge in [-0.05, 0) is 12.5 Å². The number of benzene rings is 1. The van der Waals surface area contributed by atoms with Gasteiger partial charge in [0.1, 0.15) is 30.2 Å². The molecule has 0 saturated carbocycles. The summed E-state index contributed by atoms with van der Waals surface area (Å²) in [5.41, 5.74) is 5.16. The number of esters is 1. The zero-order valence-electron chi connectivity index (χ0n) is 13.5. The number of nitrogens with one attached hydrogen (secondary N) is 1. The average Bonchev–Trinajstić information content (AvgIpc) is 2.38. The molecule has 0 bridgehead atoms. The second-order valence-electron chi connectivity index (χ2n) is 5.13. The molecular weight excluding hydrogens is 327 g/mol. The Morgan fingerprint density at radius 2 is 1.91 bits per heavy atom. The number of quaternary nitrogens is 2. The van der Waals surface area contributed by atoms with E-state index in [2.05, 4.69) is 12.7 Å². The van der Waals surface area contributed by atoms with Crippen molar-refractivity contribution in [2.24, 2.45) is 0 Å². The van der Waals surface area contributed by atoms with E-state index in [0.717, 1.165) is 25.1 Å². The second-order valence-corrected chi connectivity index (χ2v) is 5.13. The van der Waals surface area contributed by atoms with Gasteiger partial charge in [0.05, 0.1) is 20.7 Å². The van der Waals surface area contributed by atoms with Crippen LogP contribution < -0.4 is 40.2 Å². The molecule has 0 aliphatic heterocycles. The van der Waals surface area contributed by atoms with E-state index in [1.54, 1.807) is 18.2 Å². The van der Waals surface area contributed by atoms with Crippen molar-refractivity contribution in [1.82, 2.24) is 0 Å². The van der Waals surface area contributed by atoms with Crippen LogP contribution in [0.15, 0.2) is 18.2 Å². The van der Waals surface area contributed by atoms with Crippen molar-refractivity contribution < 1.29 is 49.7 Å². The monoisotopic (exact) mass is 352 g/mol. The van der Waals surface area contributed by atoms with E-state index in [4.69, 9.17) is 9.47 Å². The maximum atomic E-state index is 12.1. The third-order valence-corrected chi connectivity index (χ3v) is 2.86. The van der Waals surface area contributed by atoms with Gasteiger partial charge >= 0.3 is 5.97 Å². The highest BCUT2D eigenvalue weighted by atomic mass is 35.5. The molecule has 0 unspecified atom stereocenters. The maximum absolute atomic E-state index is 12.1. The summed E-state index contributed by atoms with van der Waals surface area (Å²) in [7, 11) is 4.04. The van der Waals surface area contributed by atoms with Gasteiger partial charge in [0.15, 0.2) is 0 Å². The highest BCUT2D eigenvalue weighted by Gasteiger charge is 2.15. The fourth-order valence-electron chi connectivity index (χ4n) is 1.61. The van der Waals surface area contributed by atoms with Gasteiger partial charge in [-0.1, -0.05) is 13.3 Å². The number of unbranched alkanes of at least 4 members (excludes halogenated alkanes) is 1. The second kappa shape index (κ2) is 12.5. The molecule has 0 fully saturated rings. The molecule has 1 rings (SSSR count). The summed E-state index contributed by atoms with van der Waals surface area (Å²) < 4.78 is 10.9. The Balaban J connectivity index is 0. The number of ether oxygens (including phenoxy) is 2. The fourth-order valence-corrected chi connectivity index (χ4v) is 1.61. The van der Waals surface area contributed by atoms with E-state index in [0.29, 0.717) is 24.5 Å². The summed E-state index contributed by atoms with van der Waals surface area (Å²) in [4.78, 5) is 13.3. The highest BCUT2D eigenvalue weighted by molar-refractivity contribution is 5.92. The largest absolute Gasteiger partial charge is 1.00 e. The minimum absolute atomic E-state index is 0. The zero-order chi connectivity index (χ0) is 15.0. The third-order valence-electron chi connectivity index (χ3n) is 2.86. The Morgan fingerprint density at radius 3 is 2.50 bits per heavy atom. The van der Waals surface area contributed by atoms with Crippen molar-refractivity contribution >= 4 is 11.7 Å². The van der Waals surface area contributed by atoms with E-state index >= 15 is 0 Å². The van der Waals surface area contributed by atoms with E-state index in [1.165, 1.54) is 4.90 Å². The van der Waals surface area contributed by atoms with E-state index in [1.807, 2.05) is 14.1 Å². The number of hydrogen-bond acceptors (Lipinski definition) is 3. The van der Waals surface area contributed by atoms with Gasteiger partial charge in [-0.15, -0.1) is 0 Å². The molecule has 128 valence electrons. The first-order valence-corrected chi connectivity index (χ1v) is 7.09. The SMILES string of the molecule is CCCCOc1cc([NH3+])ccc1C(=O)OCC[NH+](C)C.[Cl-].[Cl-]. The first-order chi connectivity index (χ1) is 9.54. The van der Waals surface area contributed by atoms with Crippen molar-refractivity contribution in [3.8, 4) is 5.75 Å². The first-order valence-electron chi connectivity index (χ1n) is 7.09. The number of carbonyl (C=O) groups excluding carboxylic acids is 1. The van der Waals surface area contributed by atoms with Crippen molar-refractivity contribution in [3.05, 3.63) is 23.8 Å². The molecule has 1 aromatic carbocycles. The number of likely N-dealkylation sites (N-methyl/N-ethyl adjacent to an activating group) is 1. The Bertz CT molecular complexity index is 443. The van der Waals surface area contributed by atoms with Crippen LogP contribution in [0, 0.1) is 0 Å². The standard InChI is InChI=1S/C15H24N2O3.2ClH/c1-4-5-9-19-14-11-12(16)6-7-13(14)15(18)20-10-8-17(2)3;;/h6-7,11H,4-5,8-10,16H2,1-3H3;2*1H. The van der Waals surface area contributed by atoms with Crippen LogP contribution in [0.3, 0.4) is 0 Å². The molecule has 5 nitrogen and oxygen atoms in total. The van der Waals surface area contributed by atoms with Crippen LogP contribution in [-0.2, 0) is 4.74 Å². The van der Waals surface area contributed by atoms with Crippen LogP contribution >= 0.6 is 0 Å². The van der Waals surface area contributed by atoms with Gasteiger partial charge in [-0.2, -0.15) is 0 Å². The molecule has 0 radical (unpaired) electrons. The van der Waals surface area contributed by atoms with Crippen LogP contribution in [0.25, 0.3) is 0 Å². The van der Waals surface area contributed by atoms with Gasteiger partial charge in [-0.3, -0.25) is 0 Å².